The van der Waals surface area contributed by atoms with Gasteiger partial charge in [-0.05, 0) is 57.0 Å². The molecule has 192 valence electrons. The molecule has 1 aliphatic heterocycles. The van der Waals surface area contributed by atoms with Crippen LogP contribution in [-0.4, -0.2) is 78.1 Å². The highest BCUT2D eigenvalue weighted by molar-refractivity contribution is 5.84. The monoisotopic (exact) mass is 488 g/mol. The van der Waals surface area contributed by atoms with Crippen LogP contribution in [0.5, 0.6) is 0 Å². The molecule has 1 saturated heterocycles. The fourth-order valence-corrected chi connectivity index (χ4v) is 3.86. The lowest BCUT2D eigenvalue weighted by Crippen LogP contribution is -2.52. The van der Waals surface area contributed by atoms with E-state index >= 15 is 0 Å². The van der Waals surface area contributed by atoms with Crippen LogP contribution in [0.2, 0.25) is 0 Å². The Hall–Kier alpha value is -2.91. The van der Waals surface area contributed by atoms with Gasteiger partial charge in [-0.2, -0.15) is 0 Å². The molecule has 0 atom stereocenters. The van der Waals surface area contributed by atoms with Crippen molar-refractivity contribution in [3.63, 3.8) is 0 Å². The van der Waals surface area contributed by atoms with Crippen LogP contribution in [0.1, 0.15) is 38.5 Å². The number of carbonyl (C=O) groups is 2. The molecule has 1 fully saturated rings. The fraction of sp³-hybridized carbons (Fsp3) is 0.538. The topological polar surface area (TPSA) is 78.3 Å². The van der Waals surface area contributed by atoms with Gasteiger partial charge in [-0.1, -0.05) is 12.1 Å². The molecular formula is C26H37FN4O4. The van der Waals surface area contributed by atoms with E-state index in [9.17, 15) is 14.0 Å². The number of ether oxygens (including phenoxy) is 1. The third kappa shape index (κ3) is 9.33. The zero-order chi connectivity index (χ0) is 25.3. The van der Waals surface area contributed by atoms with Gasteiger partial charge in [0.25, 0.3) is 0 Å². The maximum atomic E-state index is 13.4. The first-order valence-electron chi connectivity index (χ1n) is 12.1. The van der Waals surface area contributed by atoms with E-state index in [2.05, 4.69) is 10.2 Å². The van der Waals surface area contributed by atoms with Gasteiger partial charge in [0.2, 0.25) is 5.91 Å². The fourth-order valence-electron chi connectivity index (χ4n) is 3.86. The number of halogens is 1. The lowest BCUT2D eigenvalue weighted by atomic mass is 10.1. The summed E-state index contributed by atoms with van der Waals surface area (Å²) in [6.45, 7) is 10.7. The predicted octanol–water partition coefficient (Wildman–Crippen LogP) is 3.48. The number of amides is 3. The molecule has 1 aromatic carbocycles. The highest BCUT2D eigenvalue weighted by Gasteiger charge is 2.25. The summed E-state index contributed by atoms with van der Waals surface area (Å²) in [5.41, 5.74) is 0.370. The van der Waals surface area contributed by atoms with Gasteiger partial charge in [0.15, 0.2) is 0 Å². The number of benzene rings is 1. The number of morpholine rings is 1. The van der Waals surface area contributed by atoms with Crippen LogP contribution in [0, 0.1) is 5.82 Å². The Bertz CT molecular complexity index is 922. The number of nitrogens with zero attached hydrogens (tertiary/aromatic N) is 3. The minimum absolute atomic E-state index is 0.0626. The summed E-state index contributed by atoms with van der Waals surface area (Å²) in [5.74, 6) is 0.0996. The van der Waals surface area contributed by atoms with Crippen molar-refractivity contribution in [2.45, 2.75) is 45.8 Å². The minimum atomic E-state index is -0.426. The van der Waals surface area contributed by atoms with Crippen LogP contribution in [0.4, 0.5) is 9.18 Å². The van der Waals surface area contributed by atoms with Crippen molar-refractivity contribution in [2.24, 2.45) is 0 Å². The normalized spacial score (nSPS) is 14.5. The number of hydrogen-bond donors (Lipinski definition) is 1. The summed E-state index contributed by atoms with van der Waals surface area (Å²) < 4.78 is 24.2. The number of rotatable bonds is 10. The largest absolute Gasteiger partial charge is 0.467 e. The molecule has 0 unspecified atom stereocenters. The molecule has 0 aliphatic carbocycles. The maximum Gasteiger partial charge on any atom is 0.318 e. The smallest absolute Gasteiger partial charge is 0.318 e. The summed E-state index contributed by atoms with van der Waals surface area (Å²) >= 11 is 0. The quantitative estimate of drug-likeness (QED) is 0.554. The third-order valence-corrected chi connectivity index (χ3v) is 5.67. The van der Waals surface area contributed by atoms with Crippen molar-refractivity contribution < 1.29 is 23.1 Å². The SMILES string of the molecule is CC(C)(C)NC(=O)N(CCCN1CCOCC1)CC(=O)N(Cc1ccc(F)cc1)Cc1ccco1. The Labute approximate surface area is 207 Å². The van der Waals surface area contributed by atoms with Crippen molar-refractivity contribution in [3.05, 3.63) is 59.8 Å². The minimum Gasteiger partial charge on any atom is -0.467 e. The first-order chi connectivity index (χ1) is 16.7. The molecule has 35 heavy (non-hydrogen) atoms. The molecule has 8 nitrogen and oxygen atoms in total. The van der Waals surface area contributed by atoms with Gasteiger partial charge < -0.3 is 24.3 Å². The van der Waals surface area contributed by atoms with Gasteiger partial charge in [-0.3, -0.25) is 9.69 Å². The summed E-state index contributed by atoms with van der Waals surface area (Å²) in [6, 6.07) is 9.36. The highest BCUT2D eigenvalue weighted by atomic mass is 19.1. The number of furan rings is 1. The van der Waals surface area contributed by atoms with E-state index in [4.69, 9.17) is 9.15 Å². The Morgan fingerprint density at radius 1 is 1.06 bits per heavy atom. The summed E-state index contributed by atoms with van der Waals surface area (Å²) in [6.07, 6.45) is 2.31. The molecule has 0 spiro atoms. The second-order valence-electron chi connectivity index (χ2n) is 9.86. The lowest BCUT2D eigenvalue weighted by molar-refractivity contribution is -0.133. The standard InChI is InChI=1S/C26H37FN4O4/c1-26(2,3)28-25(33)30(12-5-11-29-13-16-34-17-14-29)20-24(32)31(19-23-6-4-15-35-23)18-21-7-9-22(27)10-8-21/h4,6-10,15H,5,11-14,16-20H2,1-3H3,(H,28,33). The van der Waals surface area contributed by atoms with Crippen molar-refractivity contribution in [1.29, 1.82) is 0 Å². The number of nitrogens with one attached hydrogen (secondary N) is 1. The van der Waals surface area contributed by atoms with Gasteiger partial charge in [0.1, 0.15) is 18.1 Å². The van der Waals surface area contributed by atoms with Crippen molar-refractivity contribution >= 4 is 11.9 Å². The summed E-state index contributed by atoms with van der Waals surface area (Å²) in [5, 5.41) is 2.98. The molecule has 3 amide bonds. The van der Waals surface area contributed by atoms with Gasteiger partial charge in [0.05, 0.1) is 26.0 Å². The van der Waals surface area contributed by atoms with E-state index < -0.39 is 5.54 Å². The van der Waals surface area contributed by atoms with Gasteiger partial charge in [-0.25, -0.2) is 9.18 Å². The van der Waals surface area contributed by atoms with Crippen LogP contribution < -0.4 is 5.32 Å². The number of carbonyl (C=O) groups excluding carboxylic acids is 2. The molecule has 2 heterocycles. The summed E-state index contributed by atoms with van der Waals surface area (Å²) in [7, 11) is 0. The average Bonchev–Trinajstić information content (AvgIpc) is 3.32. The second-order valence-corrected chi connectivity index (χ2v) is 9.86. The molecule has 1 aliphatic rings. The van der Waals surface area contributed by atoms with Gasteiger partial charge in [0, 0.05) is 38.3 Å². The van der Waals surface area contributed by atoms with E-state index in [0.29, 0.717) is 12.3 Å². The van der Waals surface area contributed by atoms with Gasteiger partial charge in [-0.15, -0.1) is 0 Å². The molecule has 9 heteroatoms. The molecule has 1 N–H and O–H groups in total. The zero-order valence-electron chi connectivity index (χ0n) is 21.0. The first kappa shape index (κ1) is 26.7. The first-order valence-corrected chi connectivity index (χ1v) is 12.1. The van der Waals surface area contributed by atoms with Crippen LogP contribution in [0.25, 0.3) is 0 Å². The molecule has 0 saturated carbocycles. The van der Waals surface area contributed by atoms with Crippen molar-refractivity contribution in [3.8, 4) is 0 Å². The Balaban J connectivity index is 1.69. The van der Waals surface area contributed by atoms with Crippen LogP contribution in [0.3, 0.4) is 0 Å². The molecule has 2 aromatic rings. The van der Waals surface area contributed by atoms with Gasteiger partial charge >= 0.3 is 6.03 Å². The molecule has 3 rings (SSSR count). The summed E-state index contributed by atoms with van der Waals surface area (Å²) in [4.78, 5) is 32.0. The zero-order valence-corrected chi connectivity index (χ0v) is 21.0. The Morgan fingerprint density at radius 2 is 1.77 bits per heavy atom. The molecule has 1 aromatic heterocycles. The third-order valence-electron chi connectivity index (χ3n) is 5.67. The van der Waals surface area contributed by atoms with E-state index in [1.54, 1.807) is 40.3 Å². The average molecular weight is 489 g/mol. The molecule has 0 radical (unpaired) electrons. The van der Waals surface area contributed by atoms with Crippen molar-refractivity contribution in [1.82, 2.24) is 20.0 Å². The Kier molecular flexibility index (Phi) is 9.68. The predicted molar refractivity (Wildman–Crippen MR) is 131 cm³/mol. The Morgan fingerprint density at radius 3 is 2.40 bits per heavy atom. The second kappa shape index (κ2) is 12.7. The lowest BCUT2D eigenvalue weighted by Gasteiger charge is -2.31. The van der Waals surface area contributed by atoms with Crippen LogP contribution in [0.15, 0.2) is 47.1 Å². The number of hydrogen-bond acceptors (Lipinski definition) is 5. The van der Waals surface area contributed by atoms with E-state index in [1.165, 1.54) is 12.1 Å². The van der Waals surface area contributed by atoms with Crippen LogP contribution in [-0.2, 0) is 22.6 Å². The van der Waals surface area contributed by atoms with E-state index in [1.807, 2.05) is 20.8 Å². The van der Waals surface area contributed by atoms with E-state index in [-0.39, 0.29) is 37.4 Å². The highest BCUT2D eigenvalue weighted by Crippen LogP contribution is 2.13. The maximum absolute atomic E-state index is 13.4. The van der Waals surface area contributed by atoms with Crippen molar-refractivity contribution in [2.75, 3.05) is 45.9 Å². The molecular weight excluding hydrogens is 451 g/mol. The van der Waals surface area contributed by atoms with Crippen LogP contribution >= 0.6 is 0 Å². The number of urea groups is 1. The molecule has 0 bridgehead atoms. The van der Waals surface area contributed by atoms with E-state index in [0.717, 1.165) is 44.8 Å².